The van der Waals surface area contributed by atoms with Crippen molar-refractivity contribution in [3.8, 4) is 11.5 Å². The van der Waals surface area contributed by atoms with Gasteiger partial charge in [-0.1, -0.05) is 12.1 Å². The van der Waals surface area contributed by atoms with Gasteiger partial charge in [-0.3, -0.25) is 39.3 Å². The molecule has 0 radical (unpaired) electrons. The van der Waals surface area contributed by atoms with Crippen molar-refractivity contribution >= 4 is 51.6 Å². The minimum atomic E-state index is -1.19. The third kappa shape index (κ3) is 8.91. The molecular weight excluding hydrogens is 836 g/mol. The lowest BCUT2D eigenvalue weighted by molar-refractivity contribution is -0.134. The van der Waals surface area contributed by atoms with Crippen LogP contribution in [0.4, 0.5) is 30.2 Å². The number of hydrogen-bond acceptors (Lipinski definition) is 9. The number of nitrogens with zero attached hydrogens (tertiary/aromatic N) is 4. The molecule has 15 heteroatoms. The fraction of sp³-hybridized carbons (Fsp3) is 0.380. The first-order chi connectivity index (χ1) is 31.5. The number of nitrogens with one attached hydrogen (secondary N) is 3. The predicted octanol–water partition coefficient (Wildman–Crippen LogP) is 7.54. The van der Waals surface area contributed by atoms with Crippen LogP contribution in [0.15, 0.2) is 91.1 Å². The zero-order valence-electron chi connectivity index (χ0n) is 35.8. The first kappa shape index (κ1) is 42.6. The molecule has 5 fully saturated rings. The molecule has 10 rings (SSSR count). The lowest BCUT2D eigenvalue weighted by Crippen LogP contribution is -2.49. The van der Waals surface area contributed by atoms with Crippen molar-refractivity contribution in [2.75, 3.05) is 54.8 Å². The molecule has 12 nitrogen and oxygen atoms in total. The van der Waals surface area contributed by atoms with Gasteiger partial charge in [0.15, 0.2) is 0 Å². The van der Waals surface area contributed by atoms with E-state index in [-0.39, 0.29) is 29.9 Å². The highest BCUT2D eigenvalue weighted by Gasteiger charge is 2.56. The van der Waals surface area contributed by atoms with Gasteiger partial charge < -0.3 is 20.3 Å². The van der Waals surface area contributed by atoms with Gasteiger partial charge in [-0.05, 0) is 135 Å². The van der Waals surface area contributed by atoms with Crippen LogP contribution in [0.1, 0.15) is 62.0 Å². The second-order valence-corrected chi connectivity index (χ2v) is 18.3. The summed E-state index contributed by atoms with van der Waals surface area (Å²) in [6, 6.07) is 23.1. The Kier molecular flexibility index (Phi) is 11.5. The number of piperidine rings is 2. The number of fused-ring (bicyclic) bond motifs is 3. The van der Waals surface area contributed by atoms with Gasteiger partial charge in [-0.15, -0.1) is 0 Å². The number of ether oxygens (including phenoxy) is 1. The lowest BCUT2D eigenvalue weighted by atomic mass is 9.89. The predicted molar refractivity (Wildman–Crippen MR) is 239 cm³/mol. The van der Waals surface area contributed by atoms with E-state index in [9.17, 15) is 23.6 Å². The Morgan fingerprint density at radius 1 is 0.800 bits per heavy atom. The standard InChI is InChI=1S/C50H50F3N7O5/c51-33-3-5-34(6-4-33)55-48(63)50(17-18-50)49(64)56-35-7-9-38(10-8-35)65-45-13-19-54-43-26-44(42(53)25-40(43)45)58-20-14-30(15-21-58)27-60-29-36-24-37(60)28-59(36)22-16-31-1-2-32(23-41(31)52)39-11-12-46(61)57-47(39)62/h1-10,13,19,23,25-26,30,36-37,39H,11-12,14-18,20-22,24,27-29H2,(H,55,63)(H,56,64)(H,57,61,62)/t36-,37-,39?/m0/s1. The molecule has 3 N–H and O–H groups in total. The number of carbonyl (C=O) groups excluding carboxylic acids is 4. The summed E-state index contributed by atoms with van der Waals surface area (Å²) in [6.45, 7) is 5.25. The third-order valence-corrected chi connectivity index (χ3v) is 14.1. The third-order valence-electron chi connectivity index (χ3n) is 14.1. The van der Waals surface area contributed by atoms with Gasteiger partial charge in [0.25, 0.3) is 0 Å². The molecular formula is C50H50F3N7O5. The highest BCUT2D eigenvalue weighted by Crippen LogP contribution is 2.48. The number of likely N-dealkylation sites (tertiary alicyclic amines) is 2. The number of piperazine rings is 1. The second kappa shape index (κ2) is 17.6. The Hall–Kier alpha value is -6.32. The van der Waals surface area contributed by atoms with Crippen molar-refractivity contribution in [2.45, 2.75) is 69.4 Å². The number of hydrogen-bond donors (Lipinski definition) is 3. The molecule has 4 amide bonds. The average Bonchev–Trinajstić information content (AvgIpc) is 3.90. The van der Waals surface area contributed by atoms with E-state index in [1.807, 2.05) is 6.07 Å². The van der Waals surface area contributed by atoms with Crippen molar-refractivity contribution in [3.05, 3.63) is 120 Å². The number of carbonyl (C=O) groups is 4. The van der Waals surface area contributed by atoms with Crippen LogP contribution < -0.4 is 25.6 Å². The highest BCUT2D eigenvalue weighted by molar-refractivity contribution is 6.17. The van der Waals surface area contributed by atoms with Crippen LogP contribution in [0.5, 0.6) is 11.5 Å². The number of aromatic nitrogens is 1. The van der Waals surface area contributed by atoms with Crippen molar-refractivity contribution in [1.29, 1.82) is 0 Å². The van der Waals surface area contributed by atoms with Crippen molar-refractivity contribution in [1.82, 2.24) is 20.1 Å². The Balaban J connectivity index is 0.691. The van der Waals surface area contributed by atoms with E-state index < -0.39 is 29.0 Å². The first-order valence-electron chi connectivity index (χ1n) is 22.6. The van der Waals surface area contributed by atoms with Crippen LogP contribution in [-0.2, 0) is 25.6 Å². The maximum atomic E-state index is 15.9. The maximum Gasteiger partial charge on any atom is 0.240 e. The lowest BCUT2D eigenvalue weighted by Gasteiger charge is -2.39. The van der Waals surface area contributed by atoms with E-state index in [0.29, 0.717) is 94.3 Å². The van der Waals surface area contributed by atoms with Gasteiger partial charge in [0.05, 0.1) is 17.1 Å². The van der Waals surface area contributed by atoms with Crippen LogP contribution in [0.3, 0.4) is 0 Å². The van der Waals surface area contributed by atoms with E-state index in [1.54, 1.807) is 48.7 Å². The Labute approximate surface area is 374 Å². The van der Waals surface area contributed by atoms with Crippen LogP contribution in [-0.4, -0.2) is 89.8 Å². The van der Waals surface area contributed by atoms with E-state index in [2.05, 4.69) is 35.6 Å². The summed E-state index contributed by atoms with van der Waals surface area (Å²) in [5, 5.41) is 8.43. The van der Waals surface area contributed by atoms with E-state index in [1.165, 1.54) is 36.4 Å². The normalized spacial score (nSPS) is 22.0. The molecule has 5 aromatic rings. The molecule has 4 aliphatic heterocycles. The number of halogens is 3. The topological polar surface area (TPSA) is 136 Å². The average molecular weight is 886 g/mol. The molecule has 65 heavy (non-hydrogen) atoms. The summed E-state index contributed by atoms with van der Waals surface area (Å²) in [5.74, 6) is -1.62. The molecule has 2 bridgehead atoms. The minimum absolute atomic E-state index is 0.263. The molecule has 0 spiro atoms. The number of imide groups is 1. The molecule has 1 aliphatic carbocycles. The van der Waals surface area contributed by atoms with Crippen molar-refractivity contribution in [2.24, 2.45) is 11.3 Å². The molecule has 5 heterocycles. The van der Waals surface area contributed by atoms with E-state index in [0.717, 1.165) is 58.5 Å². The Morgan fingerprint density at radius 3 is 2.15 bits per heavy atom. The van der Waals surface area contributed by atoms with Crippen LogP contribution >= 0.6 is 0 Å². The smallest absolute Gasteiger partial charge is 0.240 e. The molecule has 1 unspecified atom stereocenters. The number of amides is 4. The Morgan fingerprint density at radius 2 is 1.49 bits per heavy atom. The summed E-state index contributed by atoms with van der Waals surface area (Å²) in [4.78, 5) is 61.7. The van der Waals surface area contributed by atoms with Crippen molar-refractivity contribution < 1.29 is 37.1 Å². The van der Waals surface area contributed by atoms with Gasteiger partial charge in [0.2, 0.25) is 23.6 Å². The Bertz CT molecular complexity index is 2650. The number of anilines is 3. The molecule has 5 aliphatic rings. The first-order valence-corrected chi connectivity index (χ1v) is 22.6. The fourth-order valence-corrected chi connectivity index (χ4v) is 10.2. The maximum absolute atomic E-state index is 15.9. The van der Waals surface area contributed by atoms with Gasteiger partial charge >= 0.3 is 0 Å². The van der Waals surface area contributed by atoms with Gasteiger partial charge in [-0.25, -0.2) is 13.2 Å². The summed E-state index contributed by atoms with van der Waals surface area (Å²) >= 11 is 0. The highest BCUT2D eigenvalue weighted by atomic mass is 19.1. The summed E-state index contributed by atoms with van der Waals surface area (Å²) in [7, 11) is 0. The quantitative estimate of drug-likeness (QED) is 0.0810. The van der Waals surface area contributed by atoms with Gasteiger partial charge in [0, 0.05) is 80.7 Å². The minimum Gasteiger partial charge on any atom is -0.457 e. The molecule has 4 aromatic carbocycles. The second-order valence-electron chi connectivity index (χ2n) is 18.3. The summed E-state index contributed by atoms with van der Waals surface area (Å²) in [5.41, 5.74) is 2.11. The molecule has 1 aromatic heterocycles. The summed E-state index contributed by atoms with van der Waals surface area (Å²) in [6.07, 6.45) is 6.74. The zero-order valence-corrected chi connectivity index (χ0v) is 35.8. The SMILES string of the molecule is O=C1CCC(c2ccc(CCN3C[C@@H]4C[C@H]3CN4CC3CCN(c4cc5nccc(Oc6ccc(NC(=O)C7(C(=O)Nc8ccc(F)cc8)CC7)cc6)c5cc4F)CC3)c(F)c2)C(=O)N1. The zero-order chi connectivity index (χ0) is 44.8. The largest absolute Gasteiger partial charge is 0.457 e. The number of rotatable bonds is 13. The van der Waals surface area contributed by atoms with Crippen LogP contribution in [0.25, 0.3) is 10.9 Å². The van der Waals surface area contributed by atoms with Gasteiger partial charge in [0.1, 0.15) is 34.4 Å². The molecule has 1 saturated carbocycles. The number of pyridine rings is 1. The molecule has 3 atom stereocenters. The van der Waals surface area contributed by atoms with Gasteiger partial charge in [-0.2, -0.15) is 0 Å². The van der Waals surface area contributed by atoms with Crippen molar-refractivity contribution in [3.63, 3.8) is 0 Å². The van der Waals surface area contributed by atoms with Crippen LogP contribution in [0.2, 0.25) is 0 Å². The van der Waals surface area contributed by atoms with E-state index >= 15 is 8.78 Å². The van der Waals surface area contributed by atoms with Crippen LogP contribution in [0, 0.1) is 28.8 Å². The van der Waals surface area contributed by atoms with E-state index in [4.69, 9.17) is 4.74 Å². The number of benzene rings is 4. The summed E-state index contributed by atoms with van der Waals surface area (Å²) < 4.78 is 50.5. The monoisotopic (exact) mass is 885 g/mol. The molecule has 336 valence electrons. The molecule has 4 saturated heterocycles. The fourth-order valence-electron chi connectivity index (χ4n) is 10.2.